The lowest BCUT2D eigenvalue weighted by molar-refractivity contribution is -0.145. The van der Waals surface area contributed by atoms with Gasteiger partial charge in [-0.25, -0.2) is 9.37 Å². The molecule has 2 bridgehead atoms. The molecule has 0 unspecified atom stereocenters. The number of benzene rings is 1. The molecule has 0 radical (unpaired) electrons. The number of carbonyl (C=O) groups excluding carboxylic acids is 1. The van der Waals surface area contributed by atoms with Gasteiger partial charge in [-0.2, -0.15) is 0 Å². The van der Waals surface area contributed by atoms with Gasteiger partial charge >= 0.3 is 5.97 Å². The lowest BCUT2D eigenvalue weighted by Crippen LogP contribution is -2.39. The molecule has 6 nitrogen and oxygen atoms in total. The summed E-state index contributed by atoms with van der Waals surface area (Å²) < 4.78 is 18.5. The first-order valence-electron chi connectivity index (χ1n) is 7.62. The number of aromatic nitrogens is 1. The highest BCUT2D eigenvalue weighted by Gasteiger charge is 2.53. The molecule has 8 heteroatoms. The summed E-state index contributed by atoms with van der Waals surface area (Å²) >= 11 is 1.22. The molecule has 0 aliphatic carbocycles. The van der Waals surface area contributed by atoms with E-state index in [2.05, 4.69) is 10.3 Å². The summed E-state index contributed by atoms with van der Waals surface area (Å²) in [6.45, 7) is 0. The van der Waals surface area contributed by atoms with Gasteiger partial charge in [0, 0.05) is 10.9 Å². The van der Waals surface area contributed by atoms with Crippen LogP contribution in [0.2, 0.25) is 0 Å². The molecule has 4 atom stereocenters. The number of anilines is 1. The fourth-order valence-corrected chi connectivity index (χ4v) is 3.91. The van der Waals surface area contributed by atoms with Crippen LogP contribution in [0, 0.1) is 17.7 Å². The van der Waals surface area contributed by atoms with Crippen LogP contribution in [-0.2, 0) is 14.3 Å². The number of nitrogens with zero attached hydrogens (tertiary/aromatic N) is 1. The number of fused-ring (bicyclic) bond motifs is 2. The van der Waals surface area contributed by atoms with Gasteiger partial charge in [-0.3, -0.25) is 9.59 Å². The molecule has 1 aromatic heterocycles. The molecule has 4 rings (SSSR count). The number of rotatable bonds is 4. The number of thiazole rings is 1. The lowest BCUT2D eigenvalue weighted by atomic mass is 9.82. The summed E-state index contributed by atoms with van der Waals surface area (Å²) in [4.78, 5) is 28.3. The van der Waals surface area contributed by atoms with Crippen LogP contribution < -0.4 is 5.32 Å². The van der Waals surface area contributed by atoms with Crippen molar-refractivity contribution >= 4 is 28.3 Å². The zero-order chi connectivity index (χ0) is 17.6. The average Bonchev–Trinajstić information content (AvgIpc) is 3.30. The van der Waals surface area contributed by atoms with Crippen molar-refractivity contribution in [1.29, 1.82) is 0 Å². The number of halogens is 1. The van der Waals surface area contributed by atoms with E-state index in [9.17, 15) is 19.1 Å². The van der Waals surface area contributed by atoms with Gasteiger partial charge in [-0.1, -0.05) is 12.2 Å². The van der Waals surface area contributed by atoms with E-state index in [0.717, 1.165) is 5.56 Å². The number of hydrogen-bond donors (Lipinski definition) is 2. The second-order valence-corrected chi connectivity index (χ2v) is 6.73. The fraction of sp³-hybridized carbons (Fsp3) is 0.235. The number of amides is 1. The van der Waals surface area contributed by atoms with Crippen molar-refractivity contribution in [3.63, 3.8) is 0 Å². The Morgan fingerprint density at radius 3 is 2.52 bits per heavy atom. The van der Waals surface area contributed by atoms with Crippen molar-refractivity contribution in [2.45, 2.75) is 12.2 Å². The highest BCUT2D eigenvalue weighted by molar-refractivity contribution is 7.14. The van der Waals surface area contributed by atoms with Crippen molar-refractivity contribution in [1.82, 2.24) is 4.98 Å². The summed E-state index contributed by atoms with van der Waals surface area (Å²) in [6, 6.07) is 5.88. The number of nitrogens with one attached hydrogen (secondary N) is 1. The molecule has 128 valence electrons. The maximum atomic E-state index is 13.0. The minimum Gasteiger partial charge on any atom is -0.481 e. The highest BCUT2D eigenvalue weighted by Crippen LogP contribution is 2.40. The highest BCUT2D eigenvalue weighted by atomic mass is 32.1. The van der Waals surface area contributed by atoms with Gasteiger partial charge in [0.1, 0.15) is 11.7 Å². The third kappa shape index (κ3) is 2.83. The molecule has 3 heterocycles. The second kappa shape index (κ2) is 6.05. The minimum absolute atomic E-state index is 0.337. The fourth-order valence-electron chi connectivity index (χ4n) is 3.19. The number of carboxylic acids is 1. The Hall–Kier alpha value is -2.58. The van der Waals surface area contributed by atoms with E-state index < -0.39 is 35.9 Å². The molecule has 2 aliphatic rings. The van der Waals surface area contributed by atoms with Crippen molar-refractivity contribution < 1.29 is 23.8 Å². The van der Waals surface area contributed by atoms with Gasteiger partial charge in [0.2, 0.25) is 5.91 Å². The van der Waals surface area contributed by atoms with Gasteiger partial charge in [-0.15, -0.1) is 11.3 Å². The largest absolute Gasteiger partial charge is 0.481 e. The SMILES string of the molecule is O=C(O)[C@@H]1[C@@H](C(=O)Nc2nc(-c3ccc(F)cc3)cs2)[C@H]2C=C[C@H]1O2. The van der Waals surface area contributed by atoms with Gasteiger partial charge in [-0.05, 0) is 24.3 Å². The van der Waals surface area contributed by atoms with Crippen LogP contribution in [0.1, 0.15) is 0 Å². The summed E-state index contributed by atoms with van der Waals surface area (Å²) in [5.74, 6) is -3.50. The molecule has 0 saturated carbocycles. The van der Waals surface area contributed by atoms with E-state index in [-0.39, 0.29) is 5.82 Å². The number of carbonyl (C=O) groups is 2. The van der Waals surface area contributed by atoms with E-state index in [4.69, 9.17) is 4.74 Å². The van der Waals surface area contributed by atoms with Crippen molar-refractivity contribution in [3.8, 4) is 11.3 Å². The van der Waals surface area contributed by atoms with E-state index in [1.165, 1.54) is 23.5 Å². The maximum absolute atomic E-state index is 13.0. The van der Waals surface area contributed by atoms with E-state index in [0.29, 0.717) is 10.8 Å². The molecule has 0 spiro atoms. The topological polar surface area (TPSA) is 88.5 Å². The first kappa shape index (κ1) is 15.9. The molecule has 2 N–H and O–H groups in total. The first-order valence-corrected chi connectivity index (χ1v) is 8.50. The van der Waals surface area contributed by atoms with Crippen molar-refractivity contribution in [2.24, 2.45) is 11.8 Å². The van der Waals surface area contributed by atoms with Crippen LogP contribution in [-0.4, -0.2) is 34.2 Å². The van der Waals surface area contributed by atoms with Crippen molar-refractivity contribution in [3.05, 3.63) is 47.6 Å². The molecule has 2 aliphatic heterocycles. The Balaban J connectivity index is 1.51. The number of carboxylic acid groups (broad SMARTS) is 1. The molecule has 25 heavy (non-hydrogen) atoms. The summed E-state index contributed by atoms with van der Waals surface area (Å²) in [5, 5.41) is 14.1. The number of hydrogen-bond acceptors (Lipinski definition) is 5. The molecule has 1 fully saturated rings. The van der Waals surface area contributed by atoms with Gasteiger partial charge in [0.25, 0.3) is 0 Å². The Morgan fingerprint density at radius 1 is 1.16 bits per heavy atom. The lowest BCUT2D eigenvalue weighted by Gasteiger charge is -2.20. The Bertz CT molecular complexity index is 864. The van der Waals surface area contributed by atoms with E-state index in [1.807, 2.05) is 0 Å². The Kier molecular flexibility index (Phi) is 3.85. The normalized spacial score (nSPS) is 26.8. The first-order chi connectivity index (χ1) is 12.0. The maximum Gasteiger partial charge on any atom is 0.310 e. The Labute approximate surface area is 146 Å². The van der Waals surface area contributed by atoms with Crippen LogP contribution in [0.5, 0.6) is 0 Å². The predicted molar refractivity (Wildman–Crippen MR) is 88.6 cm³/mol. The molecule has 1 aromatic carbocycles. The monoisotopic (exact) mass is 360 g/mol. The van der Waals surface area contributed by atoms with Crippen LogP contribution in [0.25, 0.3) is 11.3 Å². The standard InChI is InChI=1S/C17H13FN2O4S/c18-9-3-1-8(2-4-9)10-7-25-17(19-10)20-15(21)13-11-5-6-12(24-11)14(13)16(22)23/h1-7,11-14H,(H,22,23)(H,19,20,21)/t11-,12-,13+,14+/m1/s1. The van der Waals surface area contributed by atoms with Crippen LogP contribution in [0.15, 0.2) is 41.8 Å². The summed E-state index contributed by atoms with van der Waals surface area (Å²) in [6.07, 6.45) is 2.32. The molecule has 2 aromatic rings. The van der Waals surface area contributed by atoms with Crippen LogP contribution in [0.3, 0.4) is 0 Å². The third-order valence-electron chi connectivity index (χ3n) is 4.36. The van der Waals surface area contributed by atoms with Crippen LogP contribution >= 0.6 is 11.3 Å². The quantitative estimate of drug-likeness (QED) is 0.818. The van der Waals surface area contributed by atoms with E-state index >= 15 is 0 Å². The zero-order valence-electron chi connectivity index (χ0n) is 12.8. The minimum atomic E-state index is -1.05. The predicted octanol–water partition coefficient (Wildman–Crippen LogP) is 2.54. The molecule has 1 amide bonds. The molecular weight excluding hydrogens is 347 g/mol. The van der Waals surface area contributed by atoms with Crippen LogP contribution in [0.4, 0.5) is 9.52 Å². The average molecular weight is 360 g/mol. The van der Waals surface area contributed by atoms with Gasteiger partial charge in [0.05, 0.1) is 23.8 Å². The third-order valence-corrected chi connectivity index (χ3v) is 5.12. The van der Waals surface area contributed by atoms with Gasteiger partial charge < -0.3 is 15.2 Å². The second-order valence-electron chi connectivity index (χ2n) is 5.87. The number of ether oxygens (including phenoxy) is 1. The molecular formula is C17H13FN2O4S. The van der Waals surface area contributed by atoms with Gasteiger partial charge in [0.15, 0.2) is 5.13 Å². The summed E-state index contributed by atoms with van der Waals surface area (Å²) in [5.41, 5.74) is 1.34. The van der Waals surface area contributed by atoms with E-state index in [1.54, 1.807) is 29.7 Å². The summed E-state index contributed by atoms with van der Waals surface area (Å²) in [7, 11) is 0. The zero-order valence-corrected chi connectivity index (χ0v) is 13.6. The smallest absolute Gasteiger partial charge is 0.310 e. The Morgan fingerprint density at radius 2 is 1.84 bits per heavy atom. The number of aliphatic carboxylic acids is 1. The van der Waals surface area contributed by atoms with Crippen molar-refractivity contribution in [2.75, 3.05) is 5.32 Å². The molecule has 1 saturated heterocycles.